The molecule has 3 N–H and O–H groups in total. The zero-order valence-electron chi connectivity index (χ0n) is 18.8. The van der Waals surface area contributed by atoms with Crippen molar-refractivity contribution in [2.24, 2.45) is 0 Å². The van der Waals surface area contributed by atoms with E-state index < -0.39 is 10.0 Å². The van der Waals surface area contributed by atoms with Crippen LogP contribution in [0.2, 0.25) is 0 Å². The number of carbonyl (C=O) groups is 2. The molecular formula is C23H29N3O6S. The van der Waals surface area contributed by atoms with Crippen LogP contribution in [-0.4, -0.2) is 40.0 Å². The standard InChI is InChI=1S/C23H29N3O6S/c1-16-7-9-19(25-17(2)27)20(14-16)26-23(28)6-4-3-5-11-24-33(29,30)18-8-10-21-22(15-18)32-13-12-31-21/h7-10,14-15,24H,3-6,11-13H2,1-2H3,(H,25,27)(H,26,28). The molecule has 178 valence electrons. The van der Waals surface area contributed by atoms with Crippen LogP contribution < -0.4 is 24.8 Å². The van der Waals surface area contributed by atoms with E-state index >= 15 is 0 Å². The molecule has 0 aromatic heterocycles. The molecule has 1 heterocycles. The van der Waals surface area contributed by atoms with Crippen LogP contribution in [0.4, 0.5) is 11.4 Å². The van der Waals surface area contributed by atoms with Gasteiger partial charge >= 0.3 is 0 Å². The summed E-state index contributed by atoms with van der Waals surface area (Å²) in [5, 5.41) is 5.53. The molecule has 0 bridgehead atoms. The SMILES string of the molecule is CC(=O)Nc1ccc(C)cc1NC(=O)CCCCCNS(=O)(=O)c1ccc2c(c1)OCCO2. The van der Waals surface area contributed by atoms with Crippen LogP contribution in [0.25, 0.3) is 0 Å². The van der Waals surface area contributed by atoms with E-state index in [9.17, 15) is 18.0 Å². The van der Waals surface area contributed by atoms with E-state index in [1.165, 1.54) is 19.1 Å². The number of amides is 2. The third kappa shape index (κ3) is 7.19. The summed E-state index contributed by atoms with van der Waals surface area (Å²) in [5.74, 6) is 0.579. The average Bonchev–Trinajstić information content (AvgIpc) is 2.77. The van der Waals surface area contributed by atoms with Crippen molar-refractivity contribution in [1.29, 1.82) is 0 Å². The van der Waals surface area contributed by atoms with Crippen molar-refractivity contribution in [1.82, 2.24) is 4.72 Å². The maximum absolute atomic E-state index is 12.5. The zero-order chi connectivity index (χ0) is 23.8. The molecule has 9 nitrogen and oxygen atoms in total. The van der Waals surface area contributed by atoms with Gasteiger partial charge in [-0.15, -0.1) is 0 Å². The summed E-state index contributed by atoms with van der Waals surface area (Å²) in [7, 11) is -3.66. The van der Waals surface area contributed by atoms with Gasteiger partial charge in [0.15, 0.2) is 11.5 Å². The molecule has 2 amide bonds. The minimum atomic E-state index is -3.66. The number of fused-ring (bicyclic) bond motifs is 1. The molecule has 0 unspecified atom stereocenters. The van der Waals surface area contributed by atoms with Gasteiger partial charge in [0, 0.05) is 26.0 Å². The summed E-state index contributed by atoms with van der Waals surface area (Å²) < 4.78 is 38.4. The van der Waals surface area contributed by atoms with Crippen LogP contribution in [0.5, 0.6) is 11.5 Å². The van der Waals surface area contributed by atoms with Gasteiger partial charge in [-0.1, -0.05) is 12.5 Å². The highest BCUT2D eigenvalue weighted by Crippen LogP contribution is 2.32. The molecular weight excluding hydrogens is 446 g/mol. The van der Waals surface area contributed by atoms with Gasteiger partial charge in [-0.3, -0.25) is 9.59 Å². The second-order valence-electron chi connectivity index (χ2n) is 7.79. The molecule has 0 saturated heterocycles. The number of sulfonamides is 1. The van der Waals surface area contributed by atoms with Crippen LogP contribution in [-0.2, 0) is 19.6 Å². The van der Waals surface area contributed by atoms with Crippen molar-refractivity contribution >= 4 is 33.2 Å². The van der Waals surface area contributed by atoms with Gasteiger partial charge in [-0.2, -0.15) is 0 Å². The average molecular weight is 476 g/mol. The van der Waals surface area contributed by atoms with Crippen LogP contribution in [0.15, 0.2) is 41.3 Å². The Bertz CT molecular complexity index is 1120. The Morgan fingerprint density at radius 2 is 1.67 bits per heavy atom. The lowest BCUT2D eigenvalue weighted by atomic mass is 10.1. The third-order valence-electron chi connectivity index (χ3n) is 4.96. The van der Waals surface area contributed by atoms with E-state index in [1.807, 2.05) is 13.0 Å². The Labute approximate surface area is 193 Å². The monoisotopic (exact) mass is 475 g/mol. The summed E-state index contributed by atoms with van der Waals surface area (Å²) in [6.07, 6.45) is 2.18. The Morgan fingerprint density at radius 1 is 0.909 bits per heavy atom. The molecule has 2 aromatic carbocycles. The quantitative estimate of drug-likeness (QED) is 0.454. The molecule has 1 aliphatic heterocycles. The van der Waals surface area contributed by atoms with Crippen LogP contribution in [0.3, 0.4) is 0 Å². The fraction of sp³-hybridized carbons (Fsp3) is 0.391. The molecule has 0 spiro atoms. The first-order chi connectivity index (χ1) is 15.7. The lowest BCUT2D eigenvalue weighted by molar-refractivity contribution is -0.116. The number of anilines is 2. The summed E-state index contributed by atoms with van der Waals surface area (Å²) in [4.78, 5) is 23.8. The van der Waals surface area contributed by atoms with Gasteiger partial charge < -0.3 is 20.1 Å². The van der Waals surface area contributed by atoms with Gasteiger partial charge in [-0.05, 0) is 49.6 Å². The second kappa shape index (κ2) is 11.2. The smallest absolute Gasteiger partial charge is 0.240 e. The fourth-order valence-electron chi connectivity index (χ4n) is 3.34. The number of ether oxygens (including phenoxy) is 2. The first-order valence-electron chi connectivity index (χ1n) is 10.8. The lowest BCUT2D eigenvalue weighted by Gasteiger charge is -2.18. The number of aryl methyl sites for hydroxylation is 1. The Hall–Kier alpha value is -3.11. The Balaban J connectivity index is 1.41. The summed E-state index contributed by atoms with van der Waals surface area (Å²) >= 11 is 0. The van der Waals surface area contributed by atoms with Gasteiger partial charge in [0.05, 0.1) is 16.3 Å². The van der Waals surface area contributed by atoms with E-state index in [4.69, 9.17) is 9.47 Å². The Morgan fingerprint density at radius 3 is 2.42 bits per heavy atom. The molecule has 0 atom stereocenters. The number of hydrogen-bond donors (Lipinski definition) is 3. The van der Waals surface area contributed by atoms with Crippen molar-refractivity contribution in [3.8, 4) is 11.5 Å². The largest absolute Gasteiger partial charge is 0.486 e. The number of carbonyl (C=O) groups excluding carboxylic acids is 2. The highest BCUT2D eigenvalue weighted by Gasteiger charge is 2.19. The third-order valence-corrected chi connectivity index (χ3v) is 6.42. The van der Waals surface area contributed by atoms with E-state index in [-0.39, 0.29) is 23.3 Å². The number of hydrogen-bond acceptors (Lipinski definition) is 6. The second-order valence-corrected chi connectivity index (χ2v) is 9.56. The van der Waals surface area contributed by atoms with Crippen molar-refractivity contribution in [3.05, 3.63) is 42.0 Å². The fourth-order valence-corrected chi connectivity index (χ4v) is 4.43. The summed E-state index contributed by atoms with van der Waals surface area (Å²) in [6, 6.07) is 9.94. The molecule has 0 radical (unpaired) electrons. The molecule has 33 heavy (non-hydrogen) atoms. The summed E-state index contributed by atoms with van der Waals surface area (Å²) in [5.41, 5.74) is 2.07. The summed E-state index contributed by atoms with van der Waals surface area (Å²) in [6.45, 7) is 4.41. The molecule has 3 rings (SSSR count). The molecule has 10 heteroatoms. The van der Waals surface area contributed by atoms with E-state index in [0.29, 0.717) is 61.8 Å². The van der Waals surface area contributed by atoms with E-state index in [2.05, 4.69) is 15.4 Å². The topological polar surface area (TPSA) is 123 Å². The van der Waals surface area contributed by atoms with Crippen molar-refractivity contribution in [2.45, 2.75) is 44.4 Å². The highest BCUT2D eigenvalue weighted by atomic mass is 32.2. The number of benzene rings is 2. The molecule has 1 aliphatic rings. The van der Waals surface area contributed by atoms with Crippen LogP contribution >= 0.6 is 0 Å². The van der Waals surface area contributed by atoms with E-state index in [1.54, 1.807) is 18.2 Å². The number of rotatable bonds is 10. The maximum Gasteiger partial charge on any atom is 0.240 e. The first kappa shape index (κ1) is 24.5. The van der Waals surface area contributed by atoms with Crippen molar-refractivity contribution < 1.29 is 27.5 Å². The minimum Gasteiger partial charge on any atom is -0.486 e. The van der Waals surface area contributed by atoms with Crippen LogP contribution in [0, 0.1) is 6.92 Å². The predicted molar refractivity (Wildman–Crippen MR) is 125 cm³/mol. The first-order valence-corrected chi connectivity index (χ1v) is 12.3. The van der Waals surface area contributed by atoms with E-state index in [0.717, 1.165) is 5.56 Å². The predicted octanol–water partition coefficient (Wildman–Crippen LogP) is 3.20. The highest BCUT2D eigenvalue weighted by molar-refractivity contribution is 7.89. The van der Waals surface area contributed by atoms with Crippen molar-refractivity contribution in [2.75, 3.05) is 30.4 Å². The molecule has 0 aliphatic carbocycles. The zero-order valence-corrected chi connectivity index (χ0v) is 19.6. The van der Waals surface area contributed by atoms with Crippen LogP contribution in [0.1, 0.15) is 38.2 Å². The normalized spacial score (nSPS) is 12.8. The van der Waals surface area contributed by atoms with Gasteiger partial charge in [0.1, 0.15) is 13.2 Å². The lowest BCUT2D eigenvalue weighted by Crippen LogP contribution is -2.25. The van der Waals surface area contributed by atoms with Gasteiger partial charge in [-0.25, -0.2) is 13.1 Å². The van der Waals surface area contributed by atoms with Gasteiger partial charge in [0.2, 0.25) is 21.8 Å². The maximum atomic E-state index is 12.5. The number of nitrogens with one attached hydrogen (secondary N) is 3. The van der Waals surface area contributed by atoms with Crippen molar-refractivity contribution in [3.63, 3.8) is 0 Å². The van der Waals surface area contributed by atoms with Gasteiger partial charge in [0.25, 0.3) is 0 Å². The minimum absolute atomic E-state index is 0.124. The number of unbranched alkanes of at least 4 members (excludes halogenated alkanes) is 2. The Kier molecular flexibility index (Phi) is 8.29. The molecule has 2 aromatic rings. The molecule has 0 saturated carbocycles. The molecule has 0 fully saturated rings.